The molecule has 2 aliphatic rings. The van der Waals surface area contributed by atoms with Crippen LogP contribution in [-0.2, 0) is 4.79 Å². The lowest BCUT2D eigenvalue weighted by molar-refractivity contribution is -0.124. The molecule has 3 N–H and O–H groups in total. The van der Waals surface area contributed by atoms with Crippen molar-refractivity contribution in [3.05, 3.63) is 12.2 Å². The van der Waals surface area contributed by atoms with Gasteiger partial charge in [-0.1, -0.05) is 12.2 Å². The average molecular weight is 226 g/mol. The molecule has 0 bridgehead atoms. The van der Waals surface area contributed by atoms with Gasteiger partial charge in [0.05, 0.1) is 5.92 Å². The van der Waals surface area contributed by atoms with Crippen molar-refractivity contribution in [1.29, 1.82) is 0 Å². The molecule has 1 heterocycles. The summed E-state index contributed by atoms with van der Waals surface area (Å²) in [7, 11) is 0. The van der Waals surface area contributed by atoms with Crippen LogP contribution in [0.1, 0.15) is 19.3 Å². The summed E-state index contributed by atoms with van der Waals surface area (Å²) in [6.45, 7) is 0. The molecule has 1 fully saturated rings. The number of hydrogen-bond acceptors (Lipinski definition) is 3. The maximum Gasteiger partial charge on any atom is 0.227 e. The van der Waals surface area contributed by atoms with Crippen LogP contribution in [0.2, 0.25) is 0 Å². The van der Waals surface area contributed by atoms with E-state index in [1.807, 2.05) is 23.9 Å². The highest BCUT2D eigenvalue weighted by atomic mass is 32.2. The van der Waals surface area contributed by atoms with E-state index < -0.39 is 0 Å². The highest BCUT2D eigenvalue weighted by Crippen LogP contribution is 2.20. The van der Waals surface area contributed by atoms with Gasteiger partial charge in [-0.25, -0.2) is 0 Å². The molecule has 15 heavy (non-hydrogen) atoms. The van der Waals surface area contributed by atoms with Gasteiger partial charge in [0.15, 0.2) is 0 Å². The number of hydrogen-bond donors (Lipinski definition) is 2. The number of carbonyl (C=O) groups is 1. The van der Waals surface area contributed by atoms with Gasteiger partial charge < -0.3 is 11.1 Å². The molecule has 1 aliphatic carbocycles. The minimum absolute atomic E-state index is 0.00887. The minimum Gasteiger partial charge on any atom is -0.353 e. The largest absolute Gasteiger partial charge is 0.353 e. The van der Waals surface area contributed by atoms with Gasteiger partial charge in [0.2, 0.25) is 5.91 Å². The van der Waals surface area contributed by atoms with Gasteiger partial charge in [-0.2, -0.15) is 11.8 Å². The first-order valence-corrected chi connectivity index (χ1v) is 6.73. The molecular formula is C11H18N2OS. The first kappa shape index (κ1) is 11.0. The number of rotatable bonds is 2. The summed E-state index contributed by atoms with van der Waals surface area (Å²) in [4.78, 5) is 11.8. The van der Waals surface area contributed by atoms with Crippen LogP contribution in [0.4, 0.5) is 0 Å². The zero-order chi connectivity index (χ0) is 10.7. The third-order valence-corrected chi connectivity index (χ3v) is 4.07. The van der Waals surface area contributed by atoms with Crippen molar-refractivity contribution in [2.24, 2.45) is 11.7 Å². The Labute approximate surface area is 94.9 Å². The van der Waals surface area contributed by atoms with E-state index in [1.54, 1.807) is 0 Å². The molecule has 3 nitrogen and oxygen atoms in total. The molecule has 0 aromatic rings. The normalized spacial score (nSPS) is 31.8. The second kappa shape index (κ2) is 5.03. The Morgan fingerprint density at radius 2 is 2.07 bits per heavy atom. The summed E-state index contributed by atoms with van der Waals surface area (Å²) in [5.74, 6) is 2.52. The monoisotopic (exact) mass is 226 g/mol. The summed E-state index contributed by atoms with van der Waals surface area (Å²) in [5, 5.41) is 3.12. The fourth-order valence-electron chi connectivity index (χ4n) is 2.07. The Kier molecular flexibility index (Phi) is 3.70. The van der Waals surface area contributed by atoms with Gasteiger partial charge >= 0.3 is 0 Å². The Morgan fingerprint density at radius 3 is 2.67 bits per heavy atom. The third kappa shape index (κ3) is 2.98. The van der Waals surface area contributed by atoms with E-state index in [-0.39, 0.29) is 17.9 Å². The van der Waals surface area contributed by atoms with Gasteiger partial charge in [-0.15, -0.1) is 0 Å². The van der Waals surface area contributed by atoms with E-state index in [2.05, 4.69) is 5.32 Å². The Hall–Kier alpha value is -0.480. The standard InChI is InChI=1S/C11H18N2OS/c12-9-2-1-8(7-9)11(14)13-10-3-5-15-6-4-10/h1-2,8-10H,3-7,12H2,(H,13,14). The summed E-state index contributed by atoms with van der Waals surface area (Å²) in [6.07, 6.45) is 6.86. The number of nitrogens with two attached hydrogens (primary N) is 1. The van der Waals surface area contributed by atoms with Crippen LogP contribution in [0.25, 0.3) is 0 Å². The van der Waals surface area contributed by atoms with Gasteiger partial charge in [-0.05, 0) is 30.8 Å². The first-order valence-electron chi connectivity index (χ1n) is 5.58. The zero-order valence-corrected chi connectivity index (χ0v) is 9.63. The van der Waals surface area contributed by atoms with Crippen molar-refractivity contribution < 1.29 is 4.79 Å². The van der Waals surface area contributed by atoms with E-state index in [1.165, 1.54) is 11.5 Å². The van der Waals surface area contributed by atoms with Crippen LogP contribution >= 0.6 is 11.8 Å². The van der Waals surface area contributed by atoms with E-state index in [9.17, 15) is 4.79 Å². The summed E-state index contributed by atoms with van der Waals surface area (Å²) >= 11 is 1.97. The molecule has 4 heteroatoms. The quantitative estimate of drug-likeness (QED) is 0.688. The molecule has 0 saturated carbocycles. The van der Waals surface area contributed by atoms with Crippen molar-refractivity contribution >= 4 is 17.7 Å². The summed E-state index contributed by atoms with van der Waals surface area (Å²) in [6, 6.07) is 0.464. The van der Waals surface area contributed by atoms with Crippen LogP contribution in [0.5, 0.6) is 0 Å². The second-order valence-electron chi connectivity index (χ2n) is 4.29. The lowest BCUT2D eigenvalue weighted by Crippen LogP contribution is -2.40. The molecule has 1 amide bonds. The van der Waals surface area contributed by atoms with Crippen LogP contribution in [0.15, 0.2) is 12.2 Å². The van der Waals surface area contributed by atoms with Crippen molar-refractivity contribution in [3.63, 3.8) is 0 Å². The lowest BCUT2D eigenvalue weighted by Gasteiger charge is -2.23. The van der Waals surface area contributed by atoms with Crippen molar-refractivity contribution in [3.8, 4) is 0 Å². The van der Waals surface area contributed by atoms with Crippen LogP contribution in [-0.4, -0.2) is 29.5 Å². The Balaban J connectivity index is 1.79. The molecule has 2 atom stereocenters. The van der Waals surface area contributed by atoms with Crippen LogP contribution in [0.3, 0.4) is 0 Å². The second-order valence-corrected chi connectivity index (χ2v) is 5.51. The van der Waals surface area contributed by atoms with E-state index >= 15 is 0 Å². The topological polar surface area (TPSA) is 55.1 Å². The first-order chi connectivity index (χ1) is 7.25. The summed E-state index contributed by atoms with van der Waals surface area (Å²) in [5.41, 5.74) is 5.73. The Bertz CT molecular complexity index is 261. The molecule has 0 aromatic heterocycles. The highest BCUT2D eigenvalue weighted by Gasteiger charge is 2.25. The van der Waals surface area contributed by atoms with Crippen LogP contribution < -0.4 is 11.1 Å². The maximum atomic E-state index is 11.8. The molecule has 0 aromatic carbocycles. The van der Waals surface area contributed by atoms with E-state index in [4.69, 9.17) is 5.73 Å². The third-order valence-electron chi connectivity index (χ3n) is 3.02. The van der Waals surface area contributed by atoms with Gasteiger partial charge in [-0.3, -0.25) is 4.79 Å². The molecular weight excluding hydrogens is 208 g/mol. The zero-order valence-electron chi connectivity index (χ0n) is 8.82. The predicted molar refractivity (Wildman–Crippen MR) is 63.7 cm³/mol. The van der Waals surface area contributed by atoms with Crippen molar-refractivity contribution in [1.82, 2.24) is 5.32 Å². The maximum absolute atomic E-state index is 11.8. The van der Waals surface area contributed by atoms with E-state index in [0.29, 0.717) is 6.04 Å². The smallest absolute Gasteiger partial charge is 0.227 e. The SMILES string of the molecule is NC1C=CC(C(=O)NC2CCSCC2)C1. The van der Waals surface area contributed by atoms with Gasteiger partial charge in [0.1, 0.15) is 0 Å². The number of thioether (sulfide) groups is 1. The van der Waals surface area contributed by atoms with Crippen LogP contribution in [0, 0.1) is 5.92 Å². The predicted octanol–water partition coefficient (Wildman–Crippen LogP) is 0.902. The minimum atomic E-state index is 0.00887. The van der Waals surface area contributed by atoms with Crippen molar-refractivity contribution in [2.45, 2.75) is 31.3 Å². The molecule has 84 valence electrons. The van der Waals surface area contributed by atoms with E-state index in [0.717, 1.165) is 19.3 Å². The molecule has 2 rings (SSSR count). The molecule has 0 radical (unpaired) electrons. The molecule has 2 unspecified atom stereocenters. The Morgan fingerprint density at radius 1 is 1.33 bits per heavy atom. The number of amides is 1. The number of nitrogens with one attached hydrogen (secondary N) is 1. The molecule has 0 spiro atoms. The average Bonchev–Trinajstić information content (AvgIpc) is 2.66. The van der Waals surface area contributed by atoms with Crippen molar-refractivity contribution in [2.75, 3.05) is 11.5 Å². The fourth-order valence-corrected chi connectivity index (χ4v) is 3.18. The molecule has 1 aliphatic heterocycles. The number of carbonyl (C=O) groups excluding carboxylic acids is 1. The molecule has 1 saturated heterocycles. The fraction of sp³-hybridized carbons (Fsp3) is 0.727. The lowest BCUT2D eigenvalue weighted by atomic mass is 10.1. The summed E-state index contributed by atoms with van der Waals surface area (Å²) < 4.78 is 0. The van der Waals surface area contributed by atoms with Gasteiger partial charge in [0.25, 0.3) is 0 Å². The van der Waals surface area contributed by atoms with Gasteiger partial charge in [0, 0.05) is 12.1 Å². The highest BCUT2D eigenvalue weighted by molar-refractivity contribution is 7.99.